The van der Waals surface area contributed by atoms with Crippen LogP contribution in [0.2, 0.25) is 0 Å². The second-order valence-corrected chi connectivity index (χ2v) is 8.80. The van der Waals surface area contributed by atoms with E-state index in [4.69, 9.17) is 4.74 Å². The van der Waals surface area contributed by atoms with Crippen molar-refractivity contribution in [1.29, 1.82) is 0 Å². The fraction of sp³-hybridized carbons (Fsp3) is 0.320. The Hall–Kier alpha value is -3.39. The molecule has 8 heteroatoms. The van der Waals surface area contributed by atoms with Crippen molar-refractivity contribution in [2.45, 2.75) is 25.8 Å². The van der Waals surface area contributed by atoms with Crippen molar-refractivity contribution in [1.82, 2.24) is 14.8 Å². The summed E-state index contributed by atoms with van der Waals surface area (Å²) < 4.78 is 5.18. The molecule has 1 saturated heterocycles. The number of hydrogen-bond acceptors (Lipinski definition) is 6. The zero-order chi connectivity index (χ0) is 23.0. The number of hydrogen-bond donors (Lipinski definition) is 1. The smallest absolute Gasteiger partial charge is 0.273 e. The molecule has 4 rings (SSSR count). The van der Waals surface area contributed by atoms with E-state index < -0.39 is 0 Å². The number of carbonyl (C=O) groups is 2. The van der Waals surface area contributed by atoms with Gasteiger partial charge in [-0.3, -0.25) is 9.59 Å². The summed E-state index contributed by atoms with van der Waals surface area (Å²) in [6.45, 7) is 2.43. The third-order valence-electron chi connectivity index (χ3n) is 5.62. The van der Waals surface area contributed by atoms with E-state index >= 15 is 0 Å². The second-order valence-electron chi connectivity index (χ2n) is 7.94. The van der Waals surface area contributed by atoms with E-state index in [1.54, 1.807) is 17.4 Å². The minimum absolute atomic E-state index is 0.110. The standard InChI is InChI=1S/C25H28N4O3S/c1-32-21-11-9-20(10-12-21)26-25-27-22(18-33-25)24(31)29(17-19-7-3-2-4-8-19)16-13-23(30)28-14-5-6-15-28/h2-4,7-12,18H,5-6,13-17H2,1H3,(H,26,27). The molecule has 2 amide bonds. The number of thiazole rings is 1. The molecule has 0 unspecified atom stereocenters. The number of nitrogens with zero attached hydrogens (tertiary/aromatic N) is 3. The summed E-state index contributed by atoms with van der Waals surface area (Å²) in [7, 11) is 1.63. The monoisotopic (exact) mass is 464 g/mol. The molecule has 0 bridgehead atoms. The maximum absolute atomic E-state index is 13.3. The highest BCUT2D eigenvalue weighted by Crippen LogP contribution is 2.24. The number of aromatic nitrogens is 1. The van der Waals surface area contributed by atoms with E-state index in [2.05, 4.69) is 10.3 Å². The van der Waals surface area contributed by atoms with E-state index in [1.807, 2.05) is 59.5 Å². The Morgan fingerprint density at radius 1 is 1.09 bits per heavy atom. The molecule has 1 N–H and O–H groups in total. The highest BCUT2D eigenvalue weighted by Gasteiger charge is 2.23. The molecule has 172 valence electrons. The molecule has 1 fully saturated rings. The van der Waals surface area contributed by atoms with Crippen LogP contribution in [0.3, 0.4) is 0 Å². The highest BCUT2D eigenvalue weighted by atomic mass is 32.1. The third kappa shape index (κ3) is 6.10. The topological polar surface area (TPSA) is 74.8 Å². The lowest BCUT2D eigenvalue weighted by atomic mass is 10.2. The molecule has 7 nitrogen and oxygen atoms in total. The summed E-state index contributed by atoms with van der Waals surface area (Å²) >= 11 is 1.38. The number of amides is 2. The van der Waals surface area contributed by atoms with Gasteiger partial charge in [-0.2, -0.15) is 0 Å². The van der Waals surface area contributed by atoms with Crippen molar-refractivity contribution in [3.05, 3.63) is 71.2 Å². The number of rotatable bonds is 9. The van der Waals surface area contributed by atoms with Crippen molar-refractivity contribution < 1.29 is 14.3 Å². The molecule has 0 atom stereocenters. The van der Waals surface area contributed by atoms with Gasteiger partial charge < -0.3 is 19.9 Å². The number of carbonyl (C=O) groups excluding carboxylic acids is 2. The molecule has 33 heavy (non-hydrogen) atoms. The van der Waals surface area contributed by atoms with Crippen LogP contribution in [0.4, 0.5) is 10.8 Å². The van der Waals surface area contributed by atoms with Crippen LogP contribution < -0.4 is 10.1 Å². The summed E-state index contributed by atoms with van der Waals surface area (Å²) in [4.78, 5) is 34.0. The Bertz CT molecular complexity index is 1060. The predicted octanol–water partition coefficient (Wildman–Crippen LogP) is 4.55. The van der Waals surface area contributed by atoms with E-state index in [-0.39, 0.29) is 11.8 Å². The molecular formula is C25H28N4O3S. The molecule has 2 aromatic carbocycles. The van der Waals surface area contributed by atoms with Gasteiger partial charge in [0.05, 0.1) is 7.11 Å². The molecule has 1 aliphatic heterocycles. The Balaban J connectivity index is 1.44. The SMILES string of the molecule is COc1ccc(Nc2nc(C(=O)N(CCC(=O)N3CCCC3)Cc3ccccc3)cs2)cc1. The number of ether oxygens (including phenoxy) is 1. The predicted molar refractivity (Wildman–Crippen MR) is 130 cm³/mol. The van der Waals surface area contributed by atoms with Gasteiger partial charge in [0.25, 0.3) is 5.91 Å². The largest absolute Gasteiger partial charge is 0.497 e. The molecule has 3 aromatic rings. The zero-order valence-electron chi connectivity index (χ0n) is 18.7. The van der Waals surface area contributed by atoms with E-state index in [0.717, 1.165) is 42.9 Å². The van der Waals surface area contributed by atoms with Crippen LogP contribution in [0.25, 0.3) is 0 Å². The van der Waals surface area contributed by atoms with Crippen LogP contribution in [-0.4, -0.2) is 53.3 Å². The van der Waals surface area contributed by atoms with Gasteiger partial charge in [-0.05, 0) is 42.7 Å². The zero-order valence-corrected chi connectivity index (χ0v) is 19.5. The van der Waals surface area contributed by atoms with Crippen LogP contribution in [0.5, 0.6) is 5.75 Å². The summed E-state index contributed by atoms with van der Waals surface area (Å²) in [6.07, 6.45) is 2.43. The fourth-order valence-corrected chi connectivity index (χ4v) is 4.51. The van der Waals surface area contributed by atoms with Gasteiger partial charge in [0.2, 0.25) is 5.91 Å². The minimum atomic E-state index is -0.174. The van der Waals surface area contributed by atoms with Crippen molar-refractivity contribution >= 4 is 34.0 Å². The Morgan fingerprint density at radius 3 is 2.52 bits per heavy atom. The lowest BCUT2D eigenvalue weighted by Gasteiger charge is -2.23. The van der Waals surface area contributed by atoms with Crippen molar-refractivity contribution in [3.63, 3.8) is 0 Å². The molecule has 0 spiro atoms. The first-order valence-electron chi connectivity index (χ1n) is 11.1. The van der Waals surface area contributed by atoms with E-state index in [0.29, 0.717) is 30.3 Å². The van der Waals surface area contributed by atoms with Crippen molar-refractivity contribution in [2.24, 2.45) is 0 Å². The first-order chi connectivity index (χ1) is 16.1. The lowest BCUT2D eigenvalue weighted by Crippen LogP contribution is -2.36. The fourth-order valence-electron chi connectivity index (χ4n) is 3.80. The Kier molecular flexibility index (Phi) is 7.57. The number of benzene rings is 2. The normalized spacial score (nSPS) is 13.1. The van der Waals surface area contributed by atoms with Crippen LogP contribution in [0, 0.1) is 0 Å². The quantitative estimate of drug-likeness (QED) is 0.503. The van der Waals surface area contributed by atoms with E-state index in [9.17, 15) is 9.59 Å². The van der Waals surface area contributed by atoms with Gasteiger partial charge in [0.1, 0.15) is 11.4 Å². The second kappa shape index (κ2) is 11.0. The van der Waals surface area contributed by atoms with E-state index in [1.165, 1.54) is 11.3 Å². The maximum Gasteiger partial charge on any atom is 0.273 e. The van der Waals surface area contributed by atoms with Gasteiger partial charge in [-0.25, -0.2) is 4.98 Å². The van der Waals surface area contributed by atoms with Gasteiger partial charge in [0, 0.05) is 43.7 Å². The van der Waals surface area contributed by atoms with Gasteiger partial charge >= 0.3 is 0 Å². The molecule has 1 aliphatic rings. The van der Waals surface area contributed by atoms with Crippen LogP contribution >= 0.6 is 11.3 Å². The van der Waals surface area contributed by atoms with Crippen molar-refractivity contribution in [3.8, 4) is 5.75 Å². The number of anilines is 2. The van der Waals surface area contributed by atoms with Crippen molar-refractivity contribution in [2.75, 3.05) is 32.1 Å². The Labute approximate surface area is 198 Å². The summed E-state index contributed by atoms with van der Waals surface area (Å²) in [6, 6.07) is 17.3. The summed E-state index contributed by atoms with van der Waals surface area (Å²) in [5.41, 5.74) is 2.26. The van der Waals surface area contributed by atoms with Crippen LogP contribution in [0.15, 0.2) is 60.0 Å². The van der Waals surface area contributed by atoms with Gasteiger partial charge in [0.15, 0.2) is 5.13 Å². The minimum Gasteiger partial charge on any atom is -0.497 e. The summed E-state index contributed by atoms with van der Waals surface area (Å²) in [5, 5.41) is 5.62. The molecular weight excluding hydrogens is 436 g/mol. The third-order valence-corrected chi connectivity index (χ3v) is 6.38. The molecule has 2 heterocycles. The molecule has 0 radical (unpaired) electrons. The highest BCUT2D eigenvalue weighted by molar-refractivity contribution is 7.14. The summed E-state index contributed by atoms with van der Waals surface area (Å²) in [5.74, 6) is 0.709. The molecule has 0 aliphatic carbocycles. The first-order valence-corrected chi connectivity index (χ1v) is 12.0. The molecule has 0 saturated carbocycles. The average Bonchev–Trinajstić information content (AvgIpc) is 3.55. The Morgan fingerprint density at radius 2 is 1.82 bits per heavy atom. The van der Waals surface area contributed by atoms with Crippen LogP contribution in [-0.2, 0) is 11.3 Å². The average molecular weight is 465 g/mol. The number of methoxy groups -OCH3 is 1. The van der Waals surface area contributed by atoms with Gasteiger partial charge in [-0.1, -0.05) is 30.3 Å². The van der Waals surface area contributed by atoms with Crippen LogP contribution in [0.1, 0.15) is 35.3 Å². The number of nitrogens with one attached hydrogen (secondary N) is 1. The number of likely N-dealkylation sites (tertiary alicyclic amines) is 1. The lowest BCUT2D eigenvalue weighted by molar-refractivity contribution is -0.130. The van der Waals surface area contributed by atoms with Gasteiger partial charge in [-0.15, -0.1) is 11.3 Å². The first kappa shape index (κ1) is 22.8. The maximum atomic E-state index is 13.3. The molecule has 1 aromatic heterocycles.